The molecular formula is C16H27NO3S. The second kappa shape index (κ2) is 8.25. The van der Waals surface area contributed by atoms with E-state index in [-0.39, 0.29) is 12.1 Å². The average Bonchev–Trinajstić information content (AvgIpc) is 2.98. The number of β-amino-alcohol motifs (C(OH)–C–C–N with tert-alkyl or cyclic N) is 1. The van der Waals surface area contributed by atoms with E-state index >= 15 is 0 Å². The quantitative estimate of drug-likeness (QED) is 0.688. The van der Waals surface area contributed by atoms with Crippen LogP contribution in [0.4, 0.5) is 0 Å². The van der Waals surface area contributed by atoms with Crippen molar-refractivity contribution in [1.82, 2.24) is 5.32 Å². The molecule has 2 rings (SSSR count). The molecule has 3 N–H and O–H groups in total. The van der Waals surface area contributed by atoms with Gasteiger partial charge >= 0.3 is 0 Å². The van der Waals surface area contributed by atoms with Crippen LogP contribution in [0.25, 0.3) is 0 Å². The summed E-state index contributed by atoms with van der Waals surface area (Å²) in [5, 5.41) is 25.1. The number of ether oxygens (including phenoxy) is 1. The molecule has 1 heterocycles. The van der Waals surface area contributed by atoms with Gasteiger partial charge in [-0.3, -0.25) is 0 Å². The van der Waals surface area contributed by atoms with Crippen molar-refractivity contribution in [2.24, 2.45) is 5.92 Å². The van der Waals surface area contributed by atoms with Gasteiger partial charge in [0.05, 0.1) is 25.9 Å². The fraction of sp³-hybridized carbons (Fsp3) is 0.750. The second-order valence-electron chi connectivity index (χ2n) is 6.27. The third-order valence-electron chi connectivity index (χ3n) is 4.24. The minimum atomic E-state index is -0.536. The first kappa shape index (κ1) is 16.9. The highest BCUT2D eigenvalue weighted by Gasteiger charge is 2.34. The lowest BCUT2D eigenvalue weighted by Crippen LogP contribution is -2.53. The Bertz CT molecular complexity index is 398. The van der Waals surface area contributed by atoms with E-state index in [0.717, 1.165) is 19.3 Å². The largest absolute Gasteiger partial charge is 0.394 e. The van der Waals surface area contributed by atoms with Crippen LogP contribution in [0.15, 0.2) is 17.5 Å². The molecule has 21 heavy (non-hydrogen) atoms. The first-order chi connectivity index (χ1) is 10.1. The molecular weight excluding hydrogens is 286 g/mol. The van der Waals surface area contributed by atoms with Crippen LogP contribution in [0, 0.1) is 5.92 Å². The molecule has 0 aliphatic heterocycles. The van der Waals surface area contributed by atoms with Gasteiger partial charge in [0, 0.05) is 17.0 Å². The fourth-order valence-corrected chi connectivity index (χ4v) is 3.74. The van der Waals surface area contributed by atoms with Gasteiger partial charge in [0.15, 0.2) is 0 Å². The number of hydrogen-bond acceptors (Lipinski definition) is 5. The van der Waals surface area contributed by atoms with E-state index in [0.29, 0.717) is 25.7 Å². The maximum atomic E-state index is 10.0. The number of aliphatic hydroxyl groups is 2. The van der Waals surface area contributed by atoms with Crippen LogP contribution in [-0.2, 0) is 11.3 Å². The predicted molar refractivity (Wildman–Crippen MR) is 85.4 cm³/mol. The number of hydrogen-bond donors (Lipinski definition) is 3. The lowest BCUT2D eigenvalue weighted by Gasteiger charge is -2.40. The molecule has 3 atom stereocenters. The minimum Gasteiger partial charge on any atom is -0.394 e. The molecule has 0 aromatic carbocycles. The van der Waals surface area contributed by atoms with Crippen molar-refractivity contribution in [2.45, 2.75) is 50.9 Å². The summed E-state index contributed by atoms with van der Waals surface area (Å²) in [6.07, 6.45) is 3.80. The number of nitrogens with one attached hydrogen (secondary N) is 1. The Hall–Kier alpha value is -0.460. The molecule has 3 unspecified atom stereocenters. The summed E-state index contributed by atoms with van der Waals surface area (Å²) in [7, 11) is 0. The van der Waals surface area contributed by atoms with Gasteiger partial charge in [-0.05, 0) is 30.2 Å². The Morgan fingerprint density at radius 2 is 2.43 bits per heavy atom. The van der Waals surface area contributed by atoms with E-state index in [1.807, 2.05) is 17.5 Å². The van der Waals surface area contributed by atoms with Gasteiger partial charge < -0.3 is 20.3 Å². The summed E-state index contributed by atoms with van der Waals surface area (Å²) in [6, 6.07) is 4.02. The molecule has 4 nitrogen and oxygen atoms in total. The summed E-state index contributed by atoms with van der Waals surface area (Å²) >= 11 is 1.66. The lowest BCUT2D eigenvalue weighted by molar-refractivity contribution is 0.0171. The van der Waals surface area contributed by atoms with Crippen molar-refractivity contribution in [1.29, 1.82) is 0 Å². The van der Waals surface area contributed by atoms with Crippen molar-refractivity contribution in [3.63, 3.8) is 0 Å². The van der Waals surface area contributed by atoms with Crippen LogP contribution >= 0.6 is 11.3 Å². The smallest absolute Gasteiger partial charge is 0.0898 e. The highest BCUT2D eigenvalue weighted by atomic mass is 32.1. The summed E-state index contributed by atoms with van der Waals surface area (Å²) in [4.78, 5) is 1.17. The van der Waals surface area contributed by atoms with Crippen molar-refractivity contribution >= 4 is 11.3 Å². The van der Waals surface area contributed by atoms with E-state index in [4.69, 9.17) is 4.74 Å². The van der Waals surface area contributed by atoms with Crippen molar-refractivity contribution < 1.29 is 14.9 Å². The van der Waals surface area contributed by atoms with E-state index < -0.39 is 6.10 Å². The molecule has 1 saturated carbocycles. The van der Waals surface area contributed by atoms with Gasteiger partial charge in [-0.25, -0.2) is 0 Å². The molecule has 0 bridgehead atoms. The molecule has 1 fully saturated rings. The fourth-order valence-electron chi connectivity index (χ4n) is 3.10. The molecule has 5 heteroatoms. The highest BCUT2D eigenvalue weighted by molar-refractivity contribution is 7.09. The van der Waals surface area contributed by atoms with Gasteiger partial charge in [-0.1, -0.05) is 25.8 Å². The molecule has 0 spiro atoms. The van der Waals surface area contributed by atoms with Crippen molar-refractivity contribution in [3.8, 4) is 0 Å². The van der Waals surface area contributed by atoms with Crippen LogP contribution < -0.4 is 5.32 Å². The SMILES string of the molecule is CC1CCCC(CO)(NCC(O)COCc2cccs2)C1. The van der Waals surface area contributed by atoms with Crippen LogP contribution in [-0.4, -0.2) is 41.6 Å². The van der Waals surface area contributed by atoms with Gasteiger partial charge in [-0.15, -0.1) is 11.3 Å². The first-order valence-corrected chi connectivity index (χ1v) is 8.65. The van der Waals surface area contributed by atoms with Gasteiger partial charge in [0.1, 0.15) is 0 Å². The summed E-state index contributed by atoms with van der Waals surface area (Å²) in [5.74, 6) is 0.630. The topological polar surface area (TPSA) is 61.7 Å². The first-order valence-electron chi connectivity index (χ1n) is 7.78. The Kier molecular flexibility index (Phi) is 6.64. The third kappa shape index (κ3) is 5.34. The molecule has 1 aromatic rings. The second-order valence-corrected chi connectivity index (χ2v) is 7.30. The normalized spacial score (nSPS) is 27.7. The maximum Gasteiger partial charge on any atom is 0.0898 e. The van der Waals surface area contributed by atoms with Crippen molar-refractivity contribution in [3.05, 3.63) is 22.4 Å². The van der Waals surface area contributed by atoms with Crippen LogP contribution in [0.2, 0.25) is 0 Å². The molecule has 0 amide bonds. The molecule has 1 aliphatic carbocycles. The Balaban J connectivity index is 1.68. The summed E-state index contributed by atoms with van der Waals surface area (Å²) < 4.78 is 5.53. The van der Waals surface area contributed by atoms with Gasteiger partial charge in [0.25, 0.3) is 0 Å². The zero-order chi connectivity index (χ0) is 15.1. The van der Waals surface area contributed by atoms with E-state index in [9.17, 15) is 10.2 Å². The standard InChI is InChI=1S/C16H27NO3S/c1-13-4-2-6-16(8-13,12-18)17-9-14(19)10-20-11-15-5-3-7-21-15/h3,5,7,13-14,17-19H,2,4,6,8-12H2,1H3. The minimum absolute atomic E-state index is 0.139. The number of rotatable bonds is 8. The molecule has 0 saturated heterocycles. The van der Waals surface area contributed by atoms with Gasteiger partial charge in [-0.2, -0.15) is 0 Å². The monoisotopic (exact) mass is 313 g/mol. The van der Waals surface area contributed by atoms with Crippen LogP contribution in [0.3, 0.4) is 0 Å². The van der Waals surface area contributed by atoms with E-state index in [2.05, 4.69) is 12.2 Å². The zero-order valence-electron chi connectivity index (χ0n) is 12.8. The van der Waals surface area contributed by atoms with E-state index in [1.165, 1.54) is 11.3 Å². The lowest BCUT2D eigenvalue weighted by atomic mass is 9.77. The summed E-state index contributed by atoms with van der Waals surface area (Å²) in [6.45, 7) is 3.71. The summed E-state index contributed by atoms with van der Waals surface area (Å²) in [5.41, 5.74) is -0.216. The number of thiophene rings is 1. The van der Waals surface area contributed by atoms with Crippen LogP contribution in [0.5, 0.6) is 0 Å². The molecule has 120 valence electrons. The predicted octanol–water partition coefficient (Wildman–Crippen LogP) is 2.16. The Morgan fingerprint density at radius 1 is 1.57 bits per heavy atom. The maximum absolute atomic E-state index is 10.0. The van der Waals surface area contributed by atoms with Crippen LogP contribution in [0.1, 0.15) is 37.5 Å². The Morgan fingerprint density at radius 3 is 3.10 bits per heavy atom. The molecule has 1 aliphatic rings. The third-order valence-corrected chi connectivity index (χ3v) is 5.09. The van der Waals surface area contributed by atoms with Gasteiger partial charge in [0.2, 0.25) is 0 Å². The zero-order valence-corrected chi connectivity index (χ0v) is 13.6. The number of aliphatic hydroxyl groups excluding tert-OH is 2. The average molecular weight is 313 g/mol. The highest BCUT2D eigenvalue weighted by Crippen LogP contribution is 2.31. The Labute approximate surface area is 131 Å². The molecule has 0 radical (unpaired) electrons. The van der Waals surface area contributed by atoms with E-state index in [1.54, 1.807) is 11.3 Å². The molecule has 1 aromatic heterocycles. The van der Waals surface area contributed by atoms with Crippen molar-refractivity contribution in [2.75, 3.05) is 19.8 Å².